The SMILES string of the molecule is CCC(COc1ccc(C[C@H](NC(=O)O[C@H]2CO[C@H]3OCC[C@H]32)[C@H](O)CN(CC(C)C)S(=O)(=O)c2ccc3c(c2)OCO3)cc1)NC(=O)NC. The number of aliphatic hydroxyl groups is 1. The van der Waals surface area contributed by atoms with E-state index in [2.05, 4.69) is 16.0 Å². The molecular weight excluding hydrogens is 672 g/mol. The van der Waals surface area contributed by atoms with Crippen molar-refractivity contribution < 1.29 is 51.5 Å². The molecule has 5 rings (SSSR count). The first-order valence-electron chi connectivity index (χ1n) is 16.9. The lowest BCUT2D eigenvalue weighted by Crippen LogP contribution is -2.51. The second kappa shape index (κ2) is 16.9. The predicted octanol–water partition coefficient (Wildman–Crippen LogP) is 2.61. The molecule has 0 saturated carbocycles. The van der Waals surface area contributed by atoms with Crippen LogP contribution >= 0.6 is 0 Å². The van der Waals surface area contributed by atoms with Crippen molar-refractivity contribution in [3.8, 4) is 17.2 Å². The van der Waals surface area contributed by atoms with Crippen molar-refractivity contribution in [3.63, 3.8) is 0 Å². The third kappa shape index (κ3) is 9.48. The number of carbonyl (C=O) groups is 2. The fourth-order valence-electron chi connectivity index (χ4n) is 6.05. The van der Waals surface area contributed by atoms with Crippen LogP contribution < -0.4 is 30.2 Å². The van der Waals surface area contributed by atoms with Crippen LogP contribution in [0.25, 0.3) is 0 Å². The Morgan fingerprint density at radius 1 is 1.04 bits per heavy atom. The molecule has 4 N–H and O–H groups in total. The van der Waals surface area contributed by atoms with Crippen LogP contribution in [-0.4, -0.2) is 107 Å². The number of urea groups is 1. The second-order valence-electron chi connectivity index (χ2n) is 13.0. The molecule has 2 fully saturated rings. The van der Waals surface area contributed by atoms with Crippen molar-refractivity contribution in [2.75, 3.05) is 46.8 Å². The van der Waals surface area contributed by atoms with Crippen molar-refractivity contribution in [1.82, 2.24) is 20.3 Å². The number of rotatable bonds is 16. The van der Waals surface area contributed by atoms with E-state index in [1.165, 1.54) is 16.4 Å². The highest BCUT2D eigenvalue weighted by molar-refractivity contribution is 7.89. The molecule has 3 heterocycles. The van der Waals surface area contributed by atoms with E-state index >= 15 is 0 Å². The minimum Gasteiger partial charge on any atom is -0.491 e. The largest absolute Gasteiger partial charge is 0.491 e. The molecule has 0 aliphatic carbocycles. The van der Waals surface area contributed by atoms with Gasteiger partial charge in [-0.25, -0.2) is 18.0 Å². The molecule has 0 radical (unpaired) electrons. The Morgan fingerprint density at radius 3 is 2.52 bits per heavy atom. The standard InChI is InChI=1S/C34H48N4O11S/c1-5-23(36-33(40)35-4)18-45-24-8-6-22(7-9-24)14-27(37-34(41)49-31-19-46-32-26(31)12-13-44-32)28(39)17-38(16-21(2)3)50(42,43)25-10-11-29-30(15-25)48-20-47-29/h6-11,15,21,23,26-28,31-32,39H,5,12-14,16-20H2,1-4H3,(H,37,41)(H2,35,36,40)/t23?,26-,27-,28+,31-,32+/m0/s1. The zero-order valence-corrected chi connectivity index (χ0v) is 29.6. The molecule has 6 atom stereocenters. The summed E-state index contributed by atoms with van der Waals surface area (Å²) in [6.45, 7) is 6.50. The van der Waals surface area contributed by atoms with Gasteiger partial charge < -0.3 is 49.5 Å². The number of carbonyl (C=O) groups excluding carboxylic acids is 2. The Hall–Kier alpha value is -3.83. The van der Waals surface area contributed by atoms with Gasteiger partial charge in [0.05, 0.1) is 42.2 Å². The van der Waals surface area contributed by atoms with E-state index in [9.17, 15) is 23.1 Å². The number of hydrogen-bond acceptors (Lipinski definition) is 11. The molecule has 50 heavy (non-hydrogen) atoms. The molecule has 16 heteroatoms. The highest BCUT2D eigenvalue weighted by atomic mass is 32.2. The number of benzene rings is 2. The second-order valence-corrected chi connectivity index (χ2v) is 14.9. The van der Waals surface area contributed by atoms with Gasteiger partial charge in [0.15, 0.2) is 17.8 Å². The van der Waals surface area contributed by atoms with Crippen molar-refractivity contribution in [1.29, 1.82) is 0 Å². The normalized spacial score (nSPS) is 21.4. The number of hydrogen-bond donors (Lipinski definition) is 4. The lowest BCUT2D eigenvalue weighted by molar-refractivity contribution is -0.0907. The van der Waals surface area contributed by atoms with E-state index in [1.807, 2.05) is 20.8 Å². The van der Waals surface area contributed by atoms with Gasteiger partial charge in [-0.15, -0.1) is 0 Å². The summed E-state index contributed by atoms with van der Waals surface area (Å²) in [7, 11) is -2.54. The van der Waals surface area contributed by atoms with Crippen molar-refractivity contribution in [3.05, 3.63) is 48.0 Å². The van der Waals surface area contributed by atoms with E-state index < -0.39 is 40.7 Å². The molecule has 3 aliphatic heterocycles. The van der Waals surface area contributed by atoms with E-state index in [4.69, 9.17) is 28.4 Å². The number of nitrogens with zero attached hydrogens (tertiary/aromatic N) is 1. The maximum atomic E-state index is 13.9. The van der Waals surface area contributed by atoms with Gasteiger partial charge in [0.1, 0.15) is 18.5 Å². The molecule has 2 saturated heterocycles. The Labute approximate surface area is 292 Å². The van der Waals surface area contributed by atoms with Crippen LogP contribution in [0.2, 0.25) is 0 Å². The average Bonchev–Trinajstić information content (AvgIpc) is 3.85. The maximum absolute atomic E-state index is 13.9. The number of fused-ring (bicyclic) bond motifs is 2. The highest BCUT2D eigenvalue weighted by Crippen LogP contribution is 2.35. The van der Waals surface area contributed by atoms with Crippen LogP contribution in [0.15, 0.2) is 47.4 Å². The Balaban J connectivity index is 1.31. The number of nitrogens with one attached hydrogen (secondary N) is 3. The fourth-order valence-corrected chi connectivity index (χ4v) is 7.68. The van der Waals surface area contributed by atoms with Gasteiger partial charge in [0.25, 0.3) is 0 Å². The average molecular weight is 721 g/mol. The Morgan fingerprint density at radius 2 is 1.80 bits per heavy atom. The quantitative estimate of drug-likeness (QED) is 0.200. The summed E-state index contributed by atoms with van der Waals surface area (Å²) in [6, 6.07) is 10.1. The molecule has 0 aromatic heterocycles. The Bertz CT molecular complexity index is 1560. The van der Waals surface area contributed by atoms with Crippen LogP contribution in [0.3, 0.4) is 0 Å². The summed E-state index contributed by atoms with van der Waals surface area (Å²) in [6.07, 6.45) is -1.47. The van der Waals surface area contributed by atoms with Gasteiger partial charge in [0.2, 0.25) is 16.8 Å². The molecule has 3 aliphatic rings. The summed E-state index contributed by atoms with van der Waals surface area (Å²) in [4.78, 5) is 25.0. The zero-order chi connectivity index (χ0) is 35.8. The first kappa shape index (κ1) is 37.4. The number of sulfonamides is 1. The summed E-state index contributed by atoms with van der Waals surface area (Å²) in [5.74, 6) is 1.20. The van der Waals surface area contributed by atoms with Crippen LogP contribution in [-0.2, 0) is 30.7 Å². The first-order chi connectivity index (χ1) is 24.0. The highest BCUT2D eigenvalue weighted by Gasteiger charge is 2.44. The van der Waals surface area contributed by atoms with Gasteiger partial charge in [-0.3, -0.25) is 0 Å². The summed E-state index contributed by atoms with van der Waals surface area (Å²) in [5, 5.41) is 19.8. The zero-order valence-electron chi connectivity index (χ0n) is 28.8. The van der Waals surface area contributed by atoms with Gasteiger partial charge in [-0.1, -0.05) is 32.9 Å². The fraction of sp³-hybridized carbons (Fsp3) is 0.588. The molecule has 1 unspecified atom stereocenters. The van der Waals surface area contributed by atoms with Gasteiger partial charge in [-0.2, -0.15) is 4.31 Å². The topological polar surface area (TPSA) is 183 Å². The lowest BCUT2D eigenvalue weighted by Gasteiger charge is -2.31. The van der Waals surface area contributed by atoms with Gasteiger partial charge in [-0.05, 0) is 55.0 Å². The minimum atomic E-state index is -4.09. The smallest absolute Gasteiger partial charge is 0.407 e. The van der Waals surface area contributed by atoms with Crippen LogP contribution in [0.1, 0.15) is 39.2 Å². The van der Waals surface area contributed by atoms with Crippen molar-refractivity contribution >= 4 is 22.1 Å². The summed E-state index contributed by atoms with van der Waals surface area (Å²) >= 11 is 0. The van der Waals surface area contributed by atoms with Crippen LogP contribution in [0.5, 0.6) is 17.2 Å². The molecule has 2 aromatic rings. The summed E-state index contributed by atoms with van der Waals surface area (Å²) in [5.41, 5.74) is 0.750. The van der Waals surface area contributed by atoms with E-state index in [-0.39, 0.29) is 68.3 Å². The molecule has 15 nitrogen and oxygen atoms in total. The number of amides is 3. The lowest BCUT2D eigenvalue weighted by atomic mass is 10.0. The van der Waals surface area contributed by atoms with Crippen molar-refractivity contribution in [2.45, 2.75) is 75.5 Å². The Kier molecular flexibility index (Phi) is 12.7. The third-order valence-electron chi connectivity index (χ3n) is 8.84. The molecule has 0 bridgehead atoms. The predicted molar refractivity (Wildman–Crippen MR) is 180 cm³/mol. The van der Waals surface area contributed by atoms with Gasteiger partial charge >= 0.3 is 12.1 Å². The van der Waals surface area contributed by atoms with Gasteiger partial charge in [0, 0.05) is 26.2 Å². The number of alkyl carbamates (subject to hydrolysis) is 1. The molecular formula is C34H48N4O11S. The number of ether oxygens (including phenoxy) is 6. The first-order valence-corrected chi connectivity index (χ1v) is 18.4. The van der Waals surface area contributed by atoms with E-state index in [0.29, 0.717) is 36.7 Å². The molecule has 0 spiro atoms. The van der Waals surface area contributed by atoms with Crippen LogP contribution in [0.4, 0.5) is 9.59 Å². The molecule has 276 valence electrons. The van der Waals surface area contributed by atoms with Crippen molar-refractivity contribution in [2.24, 2.45) is 11.8 Å². The van der Waals surface area contributed by atoms with Crippen LogP contribution in [0, 0.1) is 11.8 Å². The molecule has 3 amide bonds. The molecule has 2 aromatic carbocycles. The van der Waals surface area contributed by atoms with E-state index in [1.54, 1.807) is 37.4 Å². The summed E-state index contributed by atoms with van der Waals surface area (Å²) < 4.78 is 62.6. The maximum Gasteiger partial charge on any atom is 0.407 e. The number of aliphatic hydroxyl groups excluding tert-OH is 1. The van der Waals surface area contributed by atoms with E-state index in [0.717, 1.165) is 5.56 Å². The third-order valence-corrected chi connectivity index (χ3v) is 10.7. The minimum absolute atomic E-state index is 0.000451. The monoisotopic (exact) mass is 720 g/mol.